The van der Waals surface area contributed by atoms with E-state index < -0.39 is 0 Å². The summed E-state index contributed by atoms with van der Waals surface area (Å²) < 4.78 is 5.26. The van der Waals surface area contributed by atoms with E-state index in [-0.39, 0.29) is 11.3 Å². The molecule has 0 saturated heterocycles. The van der Waals surface area contributed by atoms with Crippen molar-refractivity contribution in [3.05, 3.63) is 52.3 Å². The number of hydrogen-bond acceptors (Lipinski definition) is 5. The van der Waals surface area contributed by atoms with Gasteiger partial charge in [-0.05, 0) is 38.4 Å². The van der Waals surface area contributed by atoms with Crippen LogP contribution in [-0.2, 0) is 6.54 Å². The Hall–Kier alpha value is -2.86. The summed E-state index contributed by atoms with van der Waals surface area (Å²) in [6.45, 7) is 0.536. The minimum Gasteiger partial charge on any atom is -0.504 e. The molecule has 3 aromatic rings. The Kier molecular flexibility index (Phi) is 4.22. The third-order valence-corrected chi connectivity index (χ3v) is 3.75. The standard InChI is InChI=1S/C18H19N3O3/c1-21(2)10-12-8-11(9-15(24-3)16(12)22)17-19-14-7-5-4-6-13(14)18(23)20-17/h4-9,22H,10H2,1-3H3,(H,19,20,23). The van der Waals surface area contributed by atoms with Crippen LogP contribution in [0.2, 0.25) is 0 Å². The van der Waals surface area contributed by atoms with Crippen LogP contribution in [0.4, 0.5) is 0 Å². The minimum absolute atomic E-state index is 0.0955. The lowest BCUT2D eigenvalue weighted by Crippen LogP contribution is -2.12. The summed E-state index contributed by atoms with van der Waals surface area (Å²) in [6.07, 6.45) is 0. The highest BCUT2D eigenvalue weighted by molar-refractivity contribution is 5.79. The van der Waals surface area contributed by atoms with E-state index in [1.165, 1.54) is 7.11 Å². The maximum atomic E-state index is 12.3. The van der Waals surface area contributed by atoms with Crippen LogP contribution in [-0.4, -0.2) is 41.2 Å². The molecule has 0 aliphatic heterocycles. The van der Waals surface area contributed by atoms with Gasteiger partial charge in [-0.2, -0.15) is 0 Å². The normalized spacial score (nSPS) is 11.2. The lowest BCUT2D eigenvalue weighted by atomic mass is 10.1. The van der Waals surface area contributed by atoms with Gasteiger partial charge in [-0.25, -0.2) is 4.98 Å². The fourth-order valence-corrected chi connectivity index (χ4v) is 2.64. The molecule has 0 fully saturated rings. The van der Waals surface area contributed by atoms with E-state index in [1.807, 2.05) is 31.1 Å². The molecule has 6 nitrogen and oxygen atoms in total. The molecule has 1 aromatic heterocycles. The number of phenols is 1. The molecule has 24 heavy (non-hydrogen) atoms. The quantitative estimate of drug-likeness (QED) is 0.770. The fraction of sp³-hybridized carbons (Fsp3) is 0.222. The second-order valence-corrected chi connectivity index (χ2v) is 5.86. The van der Waals surface area contributed by atoms with Gasteiger partial charge in [0, 0.05) is 17.7 Å². The van der Waals surface area contributed by atoms with Crippen molar-refractivity contribution in [2.75, 3.05) is 21.2 Å². The minimum atomic E-state index is -0.197. The number of hydrogen-bond donors (Lipinski definition) is 2. The summed E-state index contributed by atoms with van der Waals surface area (Å²) in [7, 11) is 5.32. The molecule has 124 valence electrons. The van der Waals surface area contributed by atoms with Crippen LogP contribution >= 0.6 is 0 Å². The summed E-state index contributed by atoms with van der Waals surface area (Å²) in [5.41, 5.74) is 1.81. The van der Waals surface area contributed by atoms with Crippen molar-refractivity contribution in [1.29, 1.82) is 0 Å². The van der Waals surface area contributed by atoms with Gasteiger partial charge in [-0.1, -0.05) is 12.1 Å². The molecule has 1 heterocycles. The molecule has 0 atom stereocenters. The molecule has 0 bridgehead atoms. The van der Waals surface area contributed by atoms with Gasteiger partial charge in [-0.15, -0.1) is 0 Å². The summed E-state index contributed by atoms with van der Waals surface area (Å²) >= 11 is 0. The Morgan fingerprint density at radius 1 is 1.25 bits per heavy atom. The smallest absolute Gasteiger partial charge is 0.259 e. The van der Waals surface area contributed by atoms with E-state index >= 15 is 0 Å². The van der Waals surface area contributed by atoms with Gasteiger partial charge >= 0.3 is 0 Å². The molecule has 2 N–H and O–H groups in total. The zero-order chi connectivity index (χ0) is 17.3. The average molecular weight is 325 g/mol. The van der Waals surface area contributed by atoms with Crippen molar-refractivity contribution in [3.8, 4) is 22.9 Å². The third-order valence-electron chi connectivity index (χ3n) is 3.75. The van der Waals surface area contributed by atoms with Crippen LogP contribution in [0.1, 0.15) is 5.56 Å². The topological polar surface area (TPSA) is 78.5 Å². The first kappa shape index (κ1) is 16.0. The molecule has 0 aliphatic rings. The number of rotatable bonds is 4. The number of para-hydroxylation sites is 1. The molecule has 0 saturated carbocycles. The summed E-state index contributed by atoms with van der Waals surface area (Å²) in [4.78, 5) is 21.5. The summed E-state index contributed by atoms with van der Waals surface area (Å²) in [5, 5.41) is 10.8. The molecule has 2 aromatic carbocycles. The number of fused-ring (bicyclic) bond motifs is 1. The van der Waals surface area contributed by atoms with Gasteiger partial charge in [0.1, 0.15) is 5.82 Å². The van der Waals surface area contributed by atoms with Crippen molar-refractivity contribution >= 4 is 10.9 Å². The van der Waals surface area contributed by atoms with Crippen LogP contribution in [0, 0.1) is 0 Å². The van der Waals surface area contributed by atoms with Crippen molar-refractivity contribution in [2.24, 2.45) is 0 Å². The molecule has 0 radical (unpaired) electrons. The Labute approximate surface area is 139 Å². The monoisotopic (exact) mass is 325 g/mol. The van der Waals surface area contributed by atoms with Crippen LogP contribution < -0.4 is 10.3 Å². The summed E-state index contributed by atoms with van der Waals surface area (Å²) in [6, 6.07) is 10.7. The number of methoxy groups -OCH3 is 1. The molecular formula is C18H19N3O3. The number of ether oxygens (including phenoxy) is 1. The van der Waals surface area contributed by atoms with Crippen molar-refractivity contribution < 1.29 is 9.84 Å². The Bertz CT molecular complexity index is 948. The Morgan fingerprint density at radius 2 is 2.00 bits per heavy atom. The molecule has 3 rings (SSSR count). The number of phenolic OH excluding ortho intramolecular Hbond substituents is 1. The number of nitrogens with one attached hydrogen (secondary N) is 1. The molecule has 6 heteroatoms. The van der Waals surface area contributed by atoms with Crippen molar-refractivity contribution in [3.63, 3.8) is 0 Å². The number of aromatic hydroxyl groups is 1. The van der Waals surface area contributed by atoms with Crippen molar-refractivity contribution in [2.45, 2.75) is 6.54 Å². The number of aromatic nitrogens is 2. The lowest BCUT2D eigenvalue weighted by Gasteiger charge is -2.15. The highest BCUT2D eigenvalue weighted by atomic mass is 16.5. The highest BCUT2D eigenvalue weighted by Gasteiger charge is 2.14. The van der Waals surface area contributed by atoms with Gasteiger partial charge in [0.05, 0.1) is 18.0 Å². The maximum absolute atomic E-state index is 12.3. The Balaban J connectivity index is 2.20. The van der Waals surface area contributed by atoms with E-state index in [9.17, 15) is 9.90 Å². The lowest BCUT2D eigenvalue weighted by molar-refractivity contribution is 0.355. The van der Waals surface area contributed by atoms with Gasteiger partial charge in [0.25, 0.3) is 5.56 Å². The second kappa shape index (κ2) is 6.33. The molecular weight excluding hydrogens is 306 g/mol. The van der Waals surface area contributed by atoms with Crippen LogP contribution in [0.3, 0.4) is 0 Å². The predicted octanol–water partition coefficient (Wildman–Crippen LogP) is 2.37. The first-order valence-corrected chi connectivity index (χ1v) is 7.53. The largest absolute Gasteiger partial charge is 0.504 e. The first-order valence-electron chi connectivity index (χ1n) is 7.53. The van der Waals surface area contributed by atoms with Crippen molar-refractivity contribution in [1.82, 2.24) is 14.9 Å². The zero-order valence-electron chi connectivity index (χ0n) is 13.8. The molecule has 0 spiro atoms. The molecule has 0 unspecified atom stereocenters. The number of aromatic amines is 1. The molecule has 0 amide bonds. The van der Waals surface area contributed by atoms with Gasteiger partial charge in [-0.3, -0.25) is 4.79 Å². The van der Waals surface area contributed by atoms with Gasteiger partial charge < -0.3 is 19.7 Å². The predicted molar refractivity (Wildman–Crippen MR) is 93.4 cm³/mol. The van der Waals surface area contributed by atoms with E-state index in [1.54, 1.807) is 24.3 Å². The van der Waals surface area contributed by atoms with Gasteiger partial charge in [0.15, 0.2) is 11.5 Å². The first-order chi connectivity index (χ1) is 11.5. The van der Waals surface area contributed by atoms with E-state index in [0.717, 1.165) is 0 Å². The van der Waals surface area contributed by atoms with E-state index in [2.05, 4.69) is 9.97 Å². The van der Waals surface area contributed by atoms with Crippen LogP contribution in [0.15, 0.2) is 41.2 Å². The number of H-pyrrole nitrogens is 1. The second-order valence-electron chi connectivity index (χ2n) is 5.86. The number of benzene rings is 2. The fourth-order valence-electron chi connectivity index (χ4n) is 2.64. The SMILES string of the molecule is COc1cc(-c2nc3ccccc3c(=O)[nH]2)cc(CN(C)C)c1O. The maximum Gasteiger partial charge on any atom is 0.259 e. The highest BCUT2D eigenvalue weighted by Crippen LogP contribution is 2.35. The van der Waals surface area contributed by atoms with E-state index in [0.29, 0.717) is 40.1 Å². The van der Waals surface area contributed by atoms with Crippen LogP contribution in [0.5, 0.6) is 11.5 Å². The Morgan fingerprint density at radius 3 is 2.71 bits per heavy atom. The van der Waals surface area contributed by atoms with E-state index in [4.69, 9.17) is 4.74 Å². The molecule has 0 aliphatic carbocycles. The third kappa shape index (κ3) is 2.96. The zero-order valence-corrected chi connectivity index (χ0v) is 13.8. The van der Waals surface area contributed by atoms with Crippen LogP contribution in [0.25, 0.3) is 22.3 Å². The average Bonchev–Trinajstić information content (AvgIpc) is 2.56. The summed E-state index contributed by atoms with van der Waals surface area (Å²) in [5.74, 6) is 0.884. The number of nitrogens with zero attached hydrogens (tertiary/aromatic N) is 2. The van der Waals surface area contributed by atoms with Gasteiger partial charge in [0.2, 0.25) is 0 Å².